The first-order valence-corrected chi connectivity index (χ1v) is 8.21. The van der Waals surface area contributed by atoms with E-state index >= 15 is 0 Å². The highest BCUT2D eigenvalue weighted by atomic mass is 79.9. The average molecular weight is 401 g/mol. The predicted octanol–water partition coefficient (Wildman–Crippen LogP) is 4.58. The van der Waals surface area contributed by atoms with Crippen molar-refractivity contribution in [2.45, 2.75) is 26.1 Å². The fraction of sp³-hybridized carbons (Fsp3) is 0.353. The van der Waals surface area contributed by atoms with Crippen molar-refractivity contribution in [3.05, 3.63) is 46.4 Å². The third-order valence-electron chi connectivity index (χ3n) is 4.22. The number of carbonyl (C=O) groups is 1. The van der Waals surface area contributed by atoms with Gasteiger partial charge < -0.3 is 0 Å². The zero-order valence-corrected chi connectivity index (χ0v) is 14.7. The maximum atomic E-state index is 13.9. The molecule has 0 spiro atoms. The molecule has 1 saturated heterocycles. The molecule has 1 amide bonds. The molecular formula is C17H16BrF3N2O. The van der Waals surface area contributed by atoms with E-state index in [2.05, 4.69) is 21.4 Å². The molecule has 24 heavy (non-hydrogen) atoms. The molecule has 7 heteroatoms. The topological polar surface area (TPSA) is 32.3 Å². The molecule has 1 fully saturated rings. The molecule has 3 rings (SSSR count). The van der Waals surface area contributed by atoms with Crippen molar-refractivity contribution in [3.63, 3.8) is 0 Å². The lowest BCUT2D eigenvalue weighted by Crippen LogP contribution is -2.43. The molecule has 0 saturated carbocycles. The van der Waals surface area contributed by atoms with E-state index in [-0.39, 0.29) is 12.1 Å². The molecule has 0 unspecified atom stereocenters. The Hall–Kier alpha value is -1.60. The number of nitrogens with one attached hydrogen (secondary N) is 1. The molecule has 0 bridgehead atoms. The van der Waals surface area contributed by atoms with Gasteiger partial charge in [0.25, 0.3) is 0 Å². The van der Waals surface area contributed by atoms with Gasteiger partial charge in [-0.25, -0.2) is 5.01 Å². The van der Waals surface area contributed by atoms with E-state index in [0.717, 1.165) is 10.4 Å². The van der Waals surface area contributed by atoms with E-state index in [1.807, 2.05) is 0 Å². The molecule has 1 atom stereocenters. The summed E-state index contributed by atoms with van der Waals surface area (Å²) in [7, 11) is 0. The molecule has 2 aromatic carbocycles. The van der Waals surface area contributed by atoms with Crippen LogP contribution in [0.1, 0.15) is 25.5 Å². The lowest BCUT2D eigenvalue weighted by atomic mass is 9.93. The summed E-state index contributed by atoms with van der Waals surface area (Å²) < 4.78 is 42.3. The fourth-order valence-electron chi connectivity index (χ4n) is 3.00. The van der Waals surface area contributed by atoms with E-state index < -0.39 is 23.5 Å². The largest absolute Gasteiger partial charge is 0.409 e. The van der Waals surface area contributed by atoms with Crippen molar-refractivity contribution >= 4 is 32.6 Å². The summed E-state index contributed by atoms with van der Waals surface area (Å²) in [6.07, 6.45) is -4.52. The van der Waals surface area contributed by atoms with Crippen molar-refractivity contribution in [2.24, 2.45) is 5.41 Å². The summed E-state index contributed by atoms with van der Waals surface area (Å²) in [5.74, 6) is -0.404. The normalized spacial score (nSPS) is 19.5. The smallest absolute Gasteiger partial charge is 0.287 e. The zero-order chi connectivity index (χ0) is 17.7. The second-order valence-electron chi connectivity index (χ2n) is 6.61. The van der Waals surface area contributed by atoms with Gasteiger partial charge in [-0.2, -0.15) is 13.2 Å². The Bertz CT molecular complexity index is 804. The van der Waals surface area contributed by atoms with E-state index in [4.69, 9.17) is 0 Å². The van der Waals surface area contributed by atoms with Crippen LogP contribution >= 0.6 is 15.9 Å². The van der Waals surface area contributed by atoms with Crippen LogP contribution in [-0.2, 0) is 4.79 Å². The summed E-state index contributed by atoms with van der Waals surface area (Å²) in [6, 6.07) is 8.16. The van der Waals surface area contributed by atoms with Crippen molar-refractivity contribution < 1.29 is 18.0 Å². The number of hydrogen-bond donors (Lipinski definition) is 1. The summed E-state index contributed by atoms with van der Waals surface area (Å²) in [6.45, 7) is 3.26. The number of fused-ring (bicyclic) bond motifs is 1. The number of halogens is 4. The van der Waals surface area contributed by atoms with Crippen LogP contribution in [0.5, 0.6) is 0 Å². The van der Waals surface area contributed by atoms with Crippen molar-refractivity contribution in [2.75, 3.05) is 6.54 Å². The number of hydrazine groups is 1. The van der Waals surface area contributed by atoms with Gasteiger partial charge in [-0.1, -0.05) is 40.2 Å². The van der Waals surface area contributed by atoms with Crippen LogP contribution in [0.3, 0.4) is 0 Å². The van der Waals surface area contributed by atoms with Gasteiger partial charge in [0.15, 0.2) is 6.04 Å². The summed E-state index contributed by atoms with van der Waals surface area (Å²) in [5, 5.41) is 2.22. The minimum atomic E-state index is -4.52. The van der Waals surface area contributed by atoms with E-state index in [1.165, 1.54) is 6.07 Å². The third-order valence-corrected chi connectivity index (χ3v) is 4.71. The first-order chi connectivity index (χ1) is 11.1. The number of nitrogens with zero attached hydrogens (tertiary/aromatic N) is 1. The minimum absolute atomic E-state index is 0.0135. The molecule has 0 aromatic heterocycles. The minimum Gasteiger partial charge on any atom is -0.287 e. The highest BCUT2D eigenvalue weighted by molar-refractivity contribution is 9.10. The predicted molar refractivity (Wildman–Crippen MR) is 89.1 cm³/mol. The number of amides is 1. The molecular weight excluding hydrogens is 385 g/mol. The Morgan fingerprint density at radius 1 is 1.25 bits per heavy atom. The Labute approximate surface area is 145 Å². The standard InChI is InChI=1S/C17H16BrF3N2O/c1-16(2)9-23(22-15(16)24)14(17(19,20)21)12-5-3-4-10-6-7-11(18)8-13(10)12/h3-8,14H,9H2,1-2H3,(H,22,24)/t14-/m0/s1. The maximum absolute atomic E-state index is 13.9. The van der Waals surface area contributed by atoms with Gasteiger partial charge in [-0.15, -0.1) is 0 Å². The number of rotatable bonds is 2. The third kappa shape index (κ3) is 3.02. The Morgan fingerprint density at radius 2 is 1.96 bits per heavy atom. The van der Waals surface area contributed by atoms with Gasteiger partial charge in [0.05, 0.1) is 5.41 Å². The summed E-state index contributed by atoms with van der Waals surface area (Å²) in [4.78, 5) is 12.0. The number of hydrogen-bond acceptors (Lipinski definition) is 2. The molecule has 0 radical (unpaired) electrons. The highest BCUT2D eigenvalue weighted by Gasteiger charge is 2.51. The number of carbonyl (C=O) groups excluding carboxylic acids is 1. The van der Waals surface area contributed by atoms with Crippen molar-refractivity contribution in [1.29, 1.82) is 0 Å². The highest BCUT2D eigenvalue weighted by Crippen LogP contribution is 2.43. The Morgan fingerprint density at radius 3 is 2.54 bits per heavy atom. The summed E-state index contributed by atoms with van der Waals surface area (Å²) >= 11 is 3.31. The zero-order valence-electron chi connectivity index (χ0n) is 13.1. The van der Waals surface area contributed by atoms with Crippen LogP contribution < -0.4 is 5.43 Å². The van der Waals surface area contributed by atoms with Crippen molar-refractivity contribution in [1.82, 2.24) is 10.4 Å². The van der Waals surface area contributed by atoms with Crippen LogP contribution in [0, 0.1) is 5.41 Å². The van der Waals surface area contributed by atoms with Gasteiger partial charge >= 0.3 is 6.18 Å². The van der Waals surface area contributed by atoms with E-state index in [0.29, 0.717) is 9.86 Å². The average Bonchev–Trinajstić information content (AvgIpc) is 2.71. The second-order valence-corrected chi connectivity index (χ2v) is 7.53. The van der Waals surface area contributed by atoms with Gasteiger partial charge in [-0.05, 0) is 42.3 Å². The Balaban J connectivity index is 2.15. The molecule has 3 nitrogen and oxygen atoms in total. The SMILES string of the molecule is CC1(C)CN([C@@H](c2cccc3ccc(Br)cc23)C(F)(F)F)NC1=O. The number of alkyl halides is 3. The fourth-order valence-corrected chi connectivity index (χ4v) is 3.36. The molecule has 2 aromatic rings. The summed E-state index contributed by atoms with van der Waals surface area (Å²) in [5.41, 5.74) is 1.65. The Kier molecular flexibility index (Phi) is 4.12. The molecule has 1 heterocycles. The molecule has 128 valence electrons. The maximum Gasteiger partial charge on any atom is 0.409 e. The lowest BCUT2D eigenvalue weighted by Gasteiger charge is -2.30. The van der Waals surface area contributed by atoms with Gasteiger partial charge in [0.1, 0.15) is 0 Å². The molecule has 1 N–H and O–H groups in total. The molecule has 1 aliphatic heterocycles. The van der Waals surface area contributed by atoms with Crippen LogP contribution in [-0.4, -0.2) is 23.6 Å². The van der Waals surface area contributed by atoms with Crippen LogP contribution in [0.2, 0.25) is 0 Å². The number of benzene rings is 2. The monoisotopic (exact) mass is 400 g/mol. The lowest BCUT2D eigenvalue weighted by molar-refractivity contribution is -0.191. The first kappa shape index (κ1) is 17.2. The van der Waals surface area contributed by atoms with E-state index in [9.17, 15) is 18.0 Å². The first-order valence-electron chi connectivity index (χ1n) is 7.42. The second kappa shape index (κ2) is 5.74. The molecule has 1 aliphatic rings. The van der Waals surface area contributed by atoms with Gasteiger partial charge in [0, 0.05) is 11.0 Å². The van der Waals surface area contributed by atoms with Crippen LogP contribution in [0.4, 0.5) is 13.2 Å². The van der Waals surface area contributed by atoms with Crippen molar-refractivity contribution in [3.8, 4) is 0 Å². The van der Waals surface area contributed by atoms with Gasteiger partial charge in [-0.3, -0.25) is 10.2 Å². The van der Waals surface area contributed by atoms with Crippen LogP contribution in [0.15, 0.2) is 40.9 Å². The van der Waals surface area contributed by atoms with Gasteiger partial charge in [0.2, 0.25) is 5.91 Å². The quantitative estimate of drug-likeness (QED) is 0.799. The van der Waals surface area contributed by atoms with E-state index in [1.54, 1.807) is 44.2 Å². The van der Waals surface area contributed by atoms with Crippen LogP contribution in [0.25, 0.3) is 10.8 Å². The molecule has 0 aliphatic carbocycles.